The van der Waals surface area contributed by atoms with Gasteiger partial charge in [-0.05, 0) is 36.1 Å². The normalized spacial score (nSPS) is 18.0. The van der Waals surface area contributed by atoms with Crippen molar-refractivity contribution < 1.29 is 0 Å². The van der Waals surface area contributed by atoms with Crippen LogP contribution >= 0.6 is 11.8 Å². The Kier molecular flexibility index (Phi) is 4.81. The molecule has 1 aromatic carbocycles. The largest absolute Gasteiger partial charge is 0.311 e. The third-order valence-corrected chi connectivity index (χ3v) is 6.15. The summed E-state index contributed by atoms with van der Waals surface area (Å²) in [5.41, 5.74) is 1.38. The second-order valence-electron chi connectivity index (χ2n) is 6.07. The molecule has 21 heavy (non-hydrogen) atoms. The van der Waals surface area contributed by atoms with Gasteiger partial charge in [0.05, 0.1) is 0 Å². The van der Waals surface area contributed by atoms with Crippen LogP contribution in [0.5, 0.6) is 0 Å². The highest BCUT2D eigenvalue weighted by atomic mass is 32.2. The van der Waals surface area contributed by atoms with Gasteiger partial charge < -0.3 is 5.32 Å². The molecule has 2 aromatic rings. The van der Waals surface area contributed by atoms with Crippen LogP contribution in [0.3, 0.4) is 0 Å². The molecule has 0 spiro atoms. The lowest BCUT2D eigenvalue weighted by atomic mass is 9.88. The second-order valence-corrected chi connectivity index (χ2v) is 7.34. The number of benzene rings is 1. The fraction of sp³-hybridized carbons (Fsp3) is 0.500. The number of thioether (sulfide) groups is 1. The third kappa shape index (κ3) is 3.41. The molecule has 0 amide bonds. The molecule has 2 nitrogen and oxygen atoms in total. The molecule has 1 aromatic heterocycles. The number of nitrogens with zero attached hydrogens (tertiary/aromatic N) is 1. The molecule has 0 aliphatic heterocycles. The van der Waals surface area contributed by atoms with Crippen molar-refractivity contribution >= 4 is 22.5 Å². The lowest BCUT2D eigenvalue weighted by Crippen LogP contribution is -2.39. The Bertz CT molecular complexity index is 585. The molecule has 0 bridgehead atoms. The summed E-state index contributed by atoms with van der Waals surface area (Å²) in [6.07, 6.45) is 13.0. The van der Waals surface area contributed by atoms with Gasteiger partial charge in [-0.25, -0.2) is 0 Å². The summed E-state index contributed by atoms with van der Waals surface area (Å²) in [7, 11) is 0. The SMILES string of the molecule is CSC1(CNCc2cccc3cnccc23)CCCCC1. The van der Waals surface area contributed by atoms with Crippen LogP contribution in [0.4, 0.5) is 0 Å². The highest BCUT2D eigenvalue weighted by Crippen LogP contribution is 2.38. The van der Waals surface area contributed by atoms with Gasteiger partial charge in [-0.3, -0.25) is 4.98 Å². The fourth-order valence-corrected chi connectivity index (χ4v) is 4.36. The maximum atomic E-state index is 4.21. The van der Waals surface area contributed by atoms with Crippen molar-refractivity contribution in [1.82, 2.24) is 10.3 Å². The quantitative estimate of drug-likeness (QED) is 0.886. The van der Waals surface area contributed by atoms with E-state index in [1.807, 2.05) is 12.4 Å². The monoisotopic (exact) mass is 300 g/mol. The van der Waals surface area contributed by atoms with Crippen LogP contribution in [-0.2, 0) is 6.54 Å². The Balaban J connectivity index is 1.66. The van der Waals surface area contributed by atoms with Crippen molar-refractivity contribution in [1.29, 1.82) is 0 Å². The number of aromatic nitrogens is 1. The summed E-state index contributed by atoms with van der Waals surface area (Å²) in [6.45, 7) is 2.07. The zero-order valence-electron chi connectivity index (χ0n) is 12.8. The third-order valence-electron chi connectivity index (χ3n) is 4.73. The molecule has 112 valence electrons. The molecule has 1 heterocycles. The van der Waals surface area contributed by atoms with Crippen molar-refractivity contribution in [3.05, 3.63) is 42.2 Å². The van der Waals surface area contributed by atoms with Crippen molar-refractivity contribution in [2.75, 3.05) is 12.8 Å². The van der Waals surface area contributed by atoms with E-state index in [1.54, 1.807) is 0 Å². The van der Waals surface area contributed by atoms with E-state index >= 15 is 0 Å². The maximum Gasteiger partial charge on any atom is 0.0346 e. The van der Waals surface area contributed by atoms with E-state index in [-0.39, 0.29) is 0 Å². The second kappa shape index (κ2) is 6.80. The predicted octanol–water partition coefficient (Wildman–Crippen LogP) is 4.39. The molecule has 3 heteroatoms. The molecule has 1 saturated carbocycles. The summed E-state index contributed by atoms with van der Waals surface area (Å²) in [6, 6.07) is 8.61. The number of hydrogen-bond acceptors (Lipinski definition) is 3. The van der Waals surface area contributed by atoms with Gasteiger partial charge in [0, 0.05) is 35.6 Å². The number of pyridine rings is 1. The minimum absolute atomic E-state index is 0.463. The topological polar surface area (TPSA) is 24.9 Å². The number of rotatable bonds is 5. The number of fused-ring (bicyclic) bond motifs is 1. The van der Waals surface area contributed by atoms with Crippen LogP contribution in [0.1, 0.15) is 37.7 Å². The highest BCUT2D eigenvalue weighted by Gasteiger charge is 2.30. The molecule has 0 radical (unpaired) electrons. The standard InChI is InChI=1S/C18H24N2S/c1-21-18(9-3-2-4-10-18)14-20-13-16-7-5-6-15-12-19-11-8-17(15)16/h5-8,11-12,20H,2-4,9-10,13-14H2,1H3. The molecule has 1 fully saturated rings. The van der Waals surface area contributed by atoms with Gasteiger partial charge >= 0.3 is 0 Å². The van der Waals surface area contributed by atoms with E-state index in [4.69, 9.17) is 0 Å². The lowest BCUT2D eigenvalue weighted by molar-refractivity contribution is 0.379. The van der Waals surface area contributed by atoms with E-state index in [9.17, 15) is 0 Å². The van der Waals surface area contributed by atoms with Gasteiger partial charge in [-0.2, -0.15) is 11.8 Å². The van der Waals surface area contributed by atoms with Gasteiger partial charge in [0.2, 0.25) is 0 Å². The van der Waals surface area contributed by atoms with Crippen LogP contribution in [-0.4, -0.2) is 22.5 Å². The number of nitrogens with one attached hydrogen (secondary N) is 1. The van der Waals surface area contributed by atoms with Crippen molar-refractivity contribution in [3.8, 4) is 0 Å². The first-order valence-electron chi connectivity index (χ1n) is 7.90. The van der Waals surface area contributed by atoms with E-state index in [0.717, 1.165) is 13.1 Å². The smallest absolute Gasteiger partial charge is 0.0346 e. The molecule has 0 atom stereocenters. The maximum absolute atomic E-state index is 4.21. The Morgan fingerprint density at radius 2 is 2.05 bits per heavy atom. The summed E-state index contributed by atoms with van der Waals surface area (Å²) in [5.74, 6) is 0. The van der Waals surface area contributed by atoms with Gasteiger partial charge in [-0.1, -0.05) is 37.5 Å². The van der Waals surface area contributed by atoms with Gasteiger partial charge in [-0.15, -0.1) is 0 Å². The molecular weight excluding hydrogens is 276 g/mol. The van der Waals surface area contributed by atoms with Crippen LogP contribution < -0.4 is 5.32 Å². The molecule has 0 unspecified atom stereocenters. The minimum atomic E-state index is 0.463. The predicted molar refractivity (Wildman–Crippen MR) is 92.8 cm³/mol. The van der Waals surface area contributed by atoms with E-state index in [2.05, 4.69) is 52.6 Å². The van der Waals surface area contributed by atoms with Crippen LogP contribution in [0.25, 0.3) is 10.8 Å². The first kappa shape index (κ1) is 14.9. The van der Waals surface area contributed by atoms with Crippen LogP contribution in [0.15, 0.2) is 36.7 Å². The van der Waals surface area contributed by atoms with E-state index < -0.39 is 0 Å². The van der Waals surface area contributed by atoms with Crippen LogP contribution in [0, 0.1) is 0 Å². The zero-order valence-corrected chi connectivity index (χ0v) is 13.6. The molecule has 1 aliphatic carbocycles. The van der Waals surface area contributed by atoms with Crippen molar-refractivity contribution in [2.24, 2.45) is 0 Å². The highest BCUT2D eigenvalue weighted by molar-refractivity contribution is 8.00. The molecule has 1 N–H and O–H groups in total. The molecular formula is C18H24N2S. The van der Waals surface area contributed by atoms with Crippen molar-refractivity contribution in [2.45, 2.75) is 43.4 Å². The Morgan fingerprint density at radius 1 is 1.19 bits per heavy atom. The average Bonchev–Trinajstić information content (AvgIpc) is 2.56. The summed E-state index contributed by atoms with van der Waals surface area (Å²) in [5, 5.41) is 6.27. The minimum Gasteiger partial charge on any atom is -0.311 e. The first-order chi connectivity index (χ1) is 10.3. The Labute approximate surface area is 131 Å². The van der Waals surface area contributed by atoms with E-state index in [1.165, 1.54) is 48.4 Å². The summed E-state index contributed by atoms with van der Waals surface area (Å²) >= 11 is 2.06. The number of hydrogen-bond donors (Lipinski definition) is 1. The van der Waals surface area contributed by atoms with Gasteiger partial charge in [0.15, 0.2) is 0 Å². The molecule has 3 rings (SSSR count). The van der Waals surface area contributed by atoms with Crippen LogP contribution in [0.2, 0.25) is 0 Å². The van der Waals surface area contributed by atoms with Crippen molar-refractivity contribution in [3.63, 3.8) is 0 Å². The molecule has 0 saturated heterocycles. The lowest BCUT2D eigenvalue weighted by Gasteiger charge is -2.36. The molecule has 1 aliphatic rings. The Morgan fingerprint density at radius 3 is 2.86 bits per heavy atom. The zero-order chi connectivity index (χ0) is 14.5. The summed E-state index contributed by atoms with van der Waals surface area (Å²) < 4.78 is 0.463. The first-order valence-corrected chi connectivity index (χ1v) is 9.13. The van der Waals surface area contributed by atoms with Gasteiger partial charge in [0.25, 0.3) is 0 Å². The fourth-order valence-electron chi connectivity index (χ4n) is 3.42. The van der Waals surface area contributed by atoms with Gasteiger partial charge in [0.1, 0.15) is 0 Å². The summed E-state index contributed by atoms with van der Waals surface area (Å²) in [4.78, 5) is 4.21. The average molecular weight is 300 g/mol. The Hall–Kier alpha value is -1.06. The van der Waals surface area contributed by atoms with E-state index in [0.29, 0.717) is 4.75 Å².